The topological polar surface area (TPSA) is 58.4 Å². The minimum Gasteiger partial charge on any atom is -0.379 e. The Hall–Kier alpha value is -0.980. The summed E-state index contributed by atoms with van der Waals surface area (Å²) in [6, 6.07) is 0. The third kappa shape index (κ3) is 9.55. The van der Waals surface area contributed by atoms with Gasteiger partial charge in [-0.3, -0.25) is 4.68 Å². The lowest BCUT2D eigenvalue weighted by atomic mass is 9.93. The summed E-state index contributed by atoms with van der Waals surface area (Å²) in [6.45, 7) is 13.1. The summed E-state index contributed by atoms with van der Waals surface area (Å²) in [4.78, 5) is 0. The highest BCUT2D eigenvalue weighted by atomic mass is 16.5. The van der Waals surface area contributed by atoms with Gasteiger partial charge in [0.25, 0.3) is 0 Å². The monoisotopic (exact) mass is 299 g/mol. The Labute approximate surface area is 127 Å². The van der Waals surface area contributed by atoms with Crippen molar-refractivity contribution in [1.29, 1.82) is 0 Å². The first-order valence-corrected chi connectivity index (χ1v) is 7.63. The molecule has 0 aliphatic rings. The van der Waals surface area contributed by atoms with Gasteiger partial charge in [-0.2, -0.15) is 0 Å². The molecule has 0 fully saturated rings. The first-order chi connectivity index (χ1) is 10.0. The van der Waals surface area contributed by atoms with Crippen LogP contribution in [0.3, 0.4) is 0 Å². The number of hydrogen-bond acceptors (Lipinski definition) is 5. The third-order valence-electron chi connectivity index (χ3n) is 2.90. The number of rotatable bonds is 11. The summed E-state index contributed by atoms with van der Waals surface area (Å²) < 4.78 is 18.2. The zero-order valence-electron chi connectivity index (χ0n) is 13.8. The van der Waals surface area contributed by atoms with Crippen molar-refractivity contribution in [2.75, 3.05) is 33.0 Å². The molecule has 0 radical (unpaired) electrons. The van der Waals surface area contributed by atoms with Crippen LogP contribution in [0.25, 0.3) is 0 Å². The Balaban J connectivity index is 1.86. The minimum absolute atomic E-state index is 0.328. The molecule has 0 aliphatic heterocycles. The molecule has 1 aromatic heterocycles. The highest BCUT2D eigenvalue weighted by Crippen LogP contribution is 2.17. The first-order valence-electron chi connectivity index (χ1n) is 7.63. The van der Waals surface area contributed by atoms with E-state index in [0.717, 1.165) is 25.3 Å². The number of ether oxygens (including phenoxy) is 3. The molecule has 0 saturated carbocycles. The average molecular weight is 299 g/mol. The van der Waals surface area contributed by atoms with Gasteiger partial charge >= 0.3 is 0 Å². The predicted molar refractivity (Wildman–Crippen MR) is 81.1 cm³/mol. The second kappa shape index (κ2) is 9.87. The van der Waals surface area contributed by atoms with E-state index in [1.165, 1.54) is 0 Å². The largest absolute Gasteiger partial charge is 0.379 e. The van der Waals surface area contributed by atoms with Crippen LogP contribution in [0.1, 0.15) is 39.8 Å². The first kappa shape index (κ1) is 18.1. The Kier molecular flexibility index (Phi) is 8.49. The lowest BCUT2D eigenvalue weighted by Crippen LogP contribution is -2.13. The van der Waals surface area contributed by atoms with Crippen LogP contribution in [0.5, 0.6) is 0 Å². The summed E-state index contributed by atoms with van der Waals surface area (Å²) >= 11 is 0. The molecule has 0 aliphatic carbocycles. The van der Waals surface area contributed by atoms with Gasteiger partial charge in [0.05, 0.1) is 39.2 Å². The van der Waals surface area contributed by atoms with Crippen molar-refractivity contribution in [3.05, 3.63) is 11.9 Å². The molecule has 0 N–H and O–H groups in total. The van der Waals surface area contributed by atoms with Crippen molar-refractivity contribution in [3.8, 4) is 0 Å². The lowest BCUT2D eigenvalue weighted by Gasteiger charge is -2.17. The SMILES string of the molecule is CCn1cc(COCCOCCOCCC(C)(C)C)nn1. The van der Waals surface area contributed by atoms with Crippen LogP contribution in [-0.2, 0) is 27.4 Å². The smallest absolute Gasteiger partial charge is 0.108 e. The molecule has 0 spiro atoms. The normalized spacial score (nSPS) is 12.0. The molecule has 21 heavy (non-hydrogen) atoms. The second-order valence-corrected chi connectivity index (χ2v) is 6.15. The van der Waals surface area contributed by atoms with Gasteiger partial charge in [0.2, 0.25) is 0 Å². The number of aryl methyl sites for hydroxylation is 1. The highest BCUT2D eigenvalue weighted by Gasteiger charge is 2.08. The molecular formula is C15H29N3O3. The van der Waals surface area contributed by atoms with Gasteiger partial charge in [-0.25, -0.2) is 0 Å². The van der Waals surface area contributed by atoms with Gasteiger partial charge in [0, 0.05) is 13.2 Å². The van der Waals surface area contributed by atoms with Crippen LogP contribution in [0, 0.1) is 5.41 Å². The Morgan fingerprint density at radius 3 is 2.19 bits per heavy atom. The van der Waals surface area contributed by atoms with Crippen molar-refractivity contribution < 1.29 is 14.2 Å². The molecule has 1 rings (SSSR count). The van der Waals surface area contributed by atoms with E-state index in [4.69, 9.17) is 14.2 Å². The highest BCUT2D eigenvalue weighted by molar-refractivity contribution is 4.89. The average Bonchev–Trinajstić information content (AvgIpc) is 2.87. The zero-order chi connectivity index (χ0) is 15.6. The summed E-state index contributed by atoms with van der Waals surface area (Å²) in [5, 5.41) is 7.95. The van der Waals surface area contributed by atoms with Crippen molar-refractivity contribution in [1.82, 2.24) is 15.0 Å². The van der Waals surface area contributed by atoms with E-state index < -0.39 is 0 Å². The summed E-state index contributed by atoms with van der Waals surface area (Å²) in [5.41, 5.74) is 1.18. The van der Waals surface area contributed by atoms with Gasteiger partial charge in [0.15, 0.2) is 0 Å². The van der Waals surface area contributed by atoms with Gasteiger partial charge in [0.1, 0.15) is 5.69 Å². The van der Waals surface area contributed by atoms with Crippen LogP contribution in [0.2, 0.25) is 0 Å². The van der Waals surface area contributed by atoms with E-state index in [0.29, 0.717) is 38.4 Å². The van der Waals surface area contributed by atoms with E-state index in [9.17, 15) is 0 Å². The fraction of sp³-hybridized carbons (Fsp3) is 0.867. The number of aromatic nitrogens is 3. The summed E-state index contributed by atoms with van der Waals surface area (Å²) in [6.07, 6.45) is 2.96. The molecule has 122 valence electrons. The summed E-state index contributed by atoms with van der Waals surface area (Å²) in [7, 11) is 0. The van der Waals surface area contributed by atoms with Crippen molar-refractivity contribution >= 4 is 0 Å². The van der Waals surface area contributed by atoms with Crippen LogP contribution in [0.4, 0.5) is 0 Å². The standard InChI is InChI=1S/C15H29N3O3/c1-5-18-12-14(16-17-18)13-21-11-10-20-9-8-19-7-6-15(2,3)4/h12H,5-11,13H2,1-4H3. The minimum atomic E-state index is 0.328. The molecule has 1 heterocycles. The fourth-order valence-electron chi connectivity index (χ4n) is 1.55. The zero-order valence-corrected chi connectivity index (χ0v) is 13.8. The lowest BCUT2D eigenvalue weighted by molar-refractivity contribution is 0.00639. The van der Waals surface area contributed by atoms with Crippen molar-refractivity contribution in [2.45, 2.75) is 47.3 Å². The van der Waals surface area contributed by atoms with E-state index in [1.807, 2.05) is 13.1 Å². The number of hydrogen-bond donors (Lipinski definition) is 0. The van der Waals surface area contributed by atoms with Gasteiger partial charge in [-0.15, -0.1) is 5.10 Å². The third-order valence-corrected chi connectivity index (χ3v) is 2.90. The number of nitrogens with zero attached hydrogens (tertiary/aromatic N) is 3. The molecule has 0 amide bonds. The van der Waals surface area contributed by atoms with Crippen LogP contribution >= 0.6 is 0 Å². The van der Waals surface area contributed by atoms with Gasteiger partial charge in [-0.05, 0) is 18.8 Å². The maximum Gasteiger partial charge on any atom is 0.108 e. The quantitative estimate of drug-likeness (QED) is 0.587. The summed E-state index contributed by atoms with van der Waals surface area (Å²) in [5.74, 6) is 0. The van der Waals surface area contributed by atoms with E-state index in [-0.39, 0.29) is 0 Å². The van der Waals surface area contributed by atoms with Crippen molar-refractivity contribution in [2.24, 2.45) is 5.41 Å². The van der Waals surface area contributed by atoms with Gasteiger partial charge in [-0.1, -0.05) is 26.0 Å². The molecule has 0 saturated heterocycles. The van der Waals surface area contributed by atoms with Crippen LogP contribution < -0.4 is 0 Å². The molecule has 0 unspecified atom stereocenters. The molecular weight excluding hydrogens is 270 g/mol. The fourth-order valence-corrected chi connectivity index (χ4v) is 1.55. The second-order valence-electron chi connectivity index (χ2n) is 6.15. The maximum absolute atomic E-state index is 5.51. The Bertz CT molecular complexity index is 374. The molecule has 6 nitrogen and oxygen atoms in total. The molecule has 0 atom stereocenters. The molecule has 6 heteroatoms. The predicted octanol–water partition coefficient (Wildman–Crippen LogP) is 2.28. The molecule has 0 aromatic carbocycles. The molecule has 0 bridgehead atoms. The van der Waals surface area contributed by atoms with E-state index in [1.54, 1.807) is 4.68 Å². The Morgan fingerprint density at radius 2 is 1.62 bits per heavy atom. The van der Waals surface area contributed by atoms with Crippen LogP contribution in [-0.4, -0.2) is 48.0 Å². The van der Waals surface area contributed by atoms with Crippen molar-refractivity contribution in [3.63, 3.8) is 0 Å². The molecule has 1 aromatic rings. The van der Waals surface area contributed by atoms with E-state index in [2.05, 4.69) is 31.1 Å². The maximum atomic E-state index is 5.51. The van der Waals surface area contributed by atoms with E-state index >= 15 is 0 Å². The Morgan fingerprint density at radius 1 is 1.00 bits per heavy atom. The van der Waals surface area contributed by atoms with Crippen LogP contribution in [0.15, 0.2) is 6.20 Å². The van der Waals surface area contributed by atoms with Gasteiger partial charge < -0.3 is 14.2 Å².